The zero-order valence-electron chi connectivity index (χ0n) is 11.3. The summed E-state index contributed by atoms with van der Waals surface area (Å²) in [6.45, 7) is 4.95. The number of carbonyl (C=O) groups excluding carboxylic acids is 1. The van der Waals surface area contributed by atoms with Crippen molar-refractivity contribution in [2.45, 2.75) is 26.8 Å². The second-order valence-electron chi connectivity index (χ2n) is 4.98. The summed E-state index contributed by atoms with van der Waals surface area (Å²) in [5.41, 5.74) is 0.605. The first-order valence-electron chi connectivity index (χ1n) is 6.32. The summed E-state index contributed by atoms with van der Waals surface area (Å²) in [6.07, 6.45) is 1.72. The van der Waals surface area contributed by atoms with E-state index in [2.05, 4.69) is 39.9 Å². The molecule has 0 spiro atoms. The maximum absolute atomic E-state index is 12.3. The molecule has 0 bridgehead atoms. The van der Waals surface area contributed by atoms with Crippen molar-refractivity contribution in [2.24, 2.45) is 5.92 Å². The molecule has 20 heavy (non-hydrogen) atoms. The van der Waals surface area contributed by atoms with Crippen molar-refractivity contribution in [1.29, 1.82) is 0 Å². The third kappa shape index (κ3) is 3.67. The fraction of sp³-hybridized carbons (Fsp3) is 0.357. The van der Waals surface area contributed by atoms with Gasteiger partial charge in [-0.2, -0.15) is 5.10 Å². The molecular formula is C14H15BrClN3O. The van der Waals surface area contributed by atoms with Gasteiger partial charge in [0.25, 0.3) is 0 Å². The predicted molar refractivity (Wildman–Crippen MR) is 82.0 cm³/mol. The maximum Gasteiger partial charge on any atom is 0.171 e. The molecule has 0 saturated carbocycles. The van der Waals surface area contributed by atoms with E-state index in [4.69, 9.17) is 11.6 Å². The summed E-state index contributed by atoms with van der Waals surface area (Å²) in [5.74, 6) is 1.13. The van der Waals surface area contributed by atoms with Gasteiger partial charge in [-0.3, -0.25) is 4.79 Å². The first-order chi connectivity index (χ1) is 9.47. The lowest BCUT2D eigenvalue weighted by atomic mass is 10.1. The average molecular weight is 357 g/mol. The van der Waals surface area contributed by atoms with Crippen LogP contribution < -0.4 is 0 Å². The lowest BCUT2D eigenvalue weighted by molar-refractivity contribution is 0.0988. The van der Waals surface area contributed by atoms with Gasteiger partial charge < -0.3 is 0 Å². The minimum Gasteiger partial charge on any atom is -0.294 e. The SMILES string of the molecule is CC(C)Cn1ncnc1CC(=O)c1ccc(Cl)cc1Br. The van der Waals surface area contributed by atoms with E-state index in [9.17, 15) is 4.79 Å². The van der Waals surface area contributed by atoms with Crippen LogP contribution in [0.1, 0.15) is 30.0 Å². The van der Waals surface area contributed by atoms with Gasteiger partial charge in [0, 0.05) is 21.6 Å². The van der Waals surface area contributed by atoms with Gasteiger partial charge in [0.05, 0.1) is 6.42 Å². The topological polar surface area (TPSA) is 47.8 Å². The van der Waals surface area contributed by atoms with Crippen LogP contribution in [0, 0.1) is 5.92 Å². The van der Waals surface area contributed by atoms with Crippen molar-refractivity contribution in [1.82, 2.24) is 14.8 Å². The predicted octanol–water partition coefficient (Wildman–Crippen LogP) is 3.78. The summed E-state index contributed by atoms with van der Waals surface area (Å²) in [5, 5.41) is 4.75. The number of nitrogens with zero attached hydrogens (tertiary/aromatic N) is 3. The van der Waals surface area contributed by atoms with E-state index >= 15 is 0 Å². The second kappa shape index (κ2) is 6.50. The van der Waals surface area contributed by atoms with Gasteiger partial charge in [-0.25, -0.2) is 9.67 Å². The first-order valence-corrected chi connectivity index (χ1v) is 7.49. The Hall–Kier alpha value is -1.20. The summed E-state index contributed by atoms with van der Waals surface area (Å²) in [7, 11) is 0. The molecule has 0 atom stereocenters. The Balaban J connectivity index is 2.17. The number of hydrogen-bond acceptors (Lipinski definition) is 3. The second-order valence-corrected chi connectivity index (χ2v) is 6.27. The molecule has 1 aromatic heterocycles. The third-order valence-corrected chi connectivity index (χ3v) is 3.68. The van der Waals surface area contributed by atoms with Crippen molar-refractivity contribution >= 4 is 33.3 Å². The molecule has 0 fully saturated rings. The molecule has 106 valence electrons. The summed E-state index contributed by atoms with van der Waals surface area (Å²) in [6, 6.07) is 5.14. The normalized spacial score (nSPS) is 11.1. The Morgan fingerprint density at radius 2 is 2.20 bits per heavy atom. The van der Waals surface area contributed by atoms with Crippen LogP contribution in [0.2, 0.25) is 5.02 Å². The first kappa shape index (κ1) is 15.2. The molecule has 0 aliphatic carbocycles. The van der Waals surface area contributed by atoms with Gasteiger partial charge in [-0.05, 0) is 40.0 Å². The van der Waals surface area contributed by atoms with E-state index in [1.807, 2.05) is 0 Å². The minimum atomic E-state index is -0.00783. The lowest BCUT2D eigenvalue weighted by Gasteiger charge is -2.08. The molecule has 0 aliphatic heterocycles. The van der Waals surface area contributed by atoms with E-state index < -0.39 is 0 Å². The molecule has 2 aromatic rings. The molecule has 0 saturated heterocycles. The molecular weight excluding hydrogens is 342 g/mol. The highest BCUT2D eigenvalue weighted by atomic mass is 79.9. The Morgan fingerprint density at radius 1 is 1.45 bits per heavy atom. The number of hydrogen-bond donors (Lipinski definition) is 0. The standard InChI is InChI=1S/C14H15BrClN3O/c1-9(2)7-19-14(17-8-18-19)6-13(20)11-4-3-10(16)5-12(11)15/h3-5,8-9H,6-7H2,1-2H3. The Labute approximate surface area is 131 Å². The zero-order valence-corrected chi connectivity index (χ0v) is 13.6. The van der Waals surface area contributed by atoms with Crippen LogP contribution in [0.15, 0.2) is 29.0 Å². The third-order valence-electron chi connectivity index (χ3n) is 2.78. The number of rotatable bonds is 5. The summed E-state index contributed by atoms with van der Waals surface area (Å²) >= 11 is 9.24. The molecule has 0 radical (unpaired) electrons. The number of ketones is 1. The quantitative estimate of drug-likeness (QED) is 0.766. The van der Waals surface area contributed by atoms with Crippen LogP contribution in [0.5, 0.6) is 0 Å². The monoisotopic (exact) mass is 355 g/mol. The molecule has 0 unspecified atom stereocenters. The van der Waals surface area contributed by atoms with Crippen molar-refractivity contribution in [3.63, 3.8) is 0 Å². The van der Waals surface area contributed by atoms with Crippen molar-refractivity contribution in [3.8, 4) is 0 Å². The maximum atomic E-state index is 12.3. The van der Waals surface area contributed by atoms with Gasteiger partial charge in [0.1, 0.15) is 12.2 Å². The lowest BCUT2D eigenvalue weighted by Crippen LogP contribution is -2.14. The molecule has 6 heteroatoms. The number of Topliss-reactive ketones (excluding diaryl/α,β-unsaturated/α-hetero) is 1. The van der Waals surface area contributed by atoms with Crippen LogP contribution >= 0.6 is 27.5 Å². The molecule has 2 rings (SSSR count). The zero-order chi connectivity index (χ0) is 14.7. The molecule has 0 N–H and O–H groups in total. The van der Waals surface area contributed by atoms with Gasteiger partial charge >= 0.3 is 0 Å². The molecule has 4 nitrogen and oxygen atoms in total. The smallest absolute Gasteiger partial charge is 0.171 e. The van der Waals surface area contributed by atoms with Crippen molar-refractivity contribution < 1.29 is 4.79 Å². The highest BCUT2D eigenvalue weighted by molar-refractivity contribution is 9.10. The van der Waals surface area contributed by atoms with Gasteiger partial charge in [-0.1, -0.05) is 25.4 Å². The van der Waals surface area contributed by atoms with Gasteiger partial charge in [-0.15, -0.1) is 0 Å². The minimum absolute atomic E-state index is 0.00783. The Bertz CT molecular complexity index is 625. The number of halogens is 2. The van der Waals surface area contributed by atoms with E-state index in [0.717, 1.165) is 6.54 Å². The van der Waals surface area contributed by atoms with Gasteiger partial charge in [0.2, 0.25) is 0 Å². The van der Waals surface area contributed by atoms with E-state index in [0.29, 0.717) is 26.8 Å². The molecule has 1 heterocycles. The van der Waals surface area contributed by atoms with Crippen LogP contribution in [-0.4, -0.2) is 20.5 Å². The van der Waals surface area contributed by atoms with Crippen LogP contribution in [0.4, 0.5) is 0 Å². The molecule has 1 aromatic carbocycles. The molecule has 0 amide bonds. The van der Waals surface area contributed by atoms with Gasteiger partial charge in [0.15, 0.2) is 5.78 Å². The number of aromatic nitrogens is 3. The summed E-state index contributed by atoms with van der Waals surface area (Å²) in [4.78, 5) is 16.5. The van der Waals surface area contributed by atoms with E-state index in [1.54, 1.807) is 22.9 Å². The number of benzene rings is 1. The highest BCUT2D eigenvalue weighted by Crippen LogP contribution is 2.22. The van der Waals surface area contributed by atoms with E-state index in [-0.39, 0.29) is 12.2 Å². The van der Waals surface area contributed by atoms with Crippen LogP contribution in [0.25, 0.3) is 0 Å². The van der Waals surface area contributed by atoms with Crippen molar-refractivity contribution in [3.05, 3.63) is 45.4 Å². The Morgan fingerprint density at radius 3 is 2.85 bits per heavy atom. The van der Waals surface area contributed by atoms with Crippen LogP contribution in [0.3, 0.4) is 0 Å². The van der Waals surface area contributed by atoms with Crippen LogP contribution in [-0.2, 0) is 13.0 Å². The van der Waals surface area contributed by atoms with Crippen molar-refractivity contribution in [2.75, 3.05) is 0 Å². The number of carbonyl (C=O) groups is 1. The highest BCUT2D eigenvalue weighted by Gasteiger charge is 2.15. The average Bonchev–Trinajstić information content (AvgIpc) is 2.75. The fourth-order valence-corrected chi connectivity index (χ4v) is 2.78. The van der Waals surface area contributed by atoms with E-state index in [1.165, 1.54) is 6.33 Å². The summed E-state index contributed by atoms with van der Waals surface area (Å²) < 4.78 is 2.48. The molecule has 0 aliphatic rings. The fourth-order valence-electron chi connectivity index (χ4n) is 1.88. The Kier molecular flexibility index (Phi) is 4.94. The largest absolute Gasteiger partial charge is 0.294 e.